The lowest BCUT2D eigenvalue weighted by molar-refractivity contribution is -0.119. The molecular weight excluding hydrogens is 394 g/mol. The quantitative estimate of drug-likeness (QED) is 0.620. The molecule has 0 saturated heterocycles. The van der Waals surface area contributed by atoms with Crippen molar-refractivity contribution in [3.63, 3.8) is 0 Å². The molecule has 0 spiro atoms. The lowest BCUT2D eigenvalue weighted by Gasteiger charge is -2.14. The highest BCUT2D eigenvalue weighted by atomic mass is 32.2. The van der Waals surface area contributed by atoms with E-state index in [4.69, 9.17) is 9.47 Å². The maximum Gasteiger partial charge on any atom is 0.257 e. The minimum absolute atomic E-state index is 0.0276. The molecule has 0 aromatic heterocycles. The molecule has 3 rings (SSSR count). The van der Waals surface area contributed by atoms with E-state index >= 15 is 0 Å². The molecule has 0 radical (unpaired) electrons. The summed E-state index contributed by atoms with van der Waals surface area (Å²) in [4.78, 5) is 14.2. The van der Waals surface area contributed by atoms with Gasteiger partial charge in [-0.3, -0.25) is 10.2 Å². The van der Waals surface area contributed by atoms with E-state index in [0.717, 1.165) is 28.8 Å². The summed E-state index contributed by atoms with van der Waals surface area (Å²) in [7, 11) is -3.95. The molecule has 3 N–H and O–H groups in total. The van der Waals surface area contributed by atoms with E-state index in [0.29, 0.717) is 24.7 Å². The number of hydrazine groups is 1. The molecule has 1 amide bonds. The van der Waals surface area contributed by atoms with Gasteiger partial charge in [0.2, 0.25) is 0 Å². The van der Waals surface area contributed by atoms with Crippen LogP contribution in [-0.2, 0) is 14.8 Å². The Morgan fingerprint density at radius 1 is 1.00 bits per heavy atom. The van der Waals surface area contributed by atoms with Gasteiger partial charge in [-0.25, -0.2) is 8.42 Å². The number of rotatable bonds is 6. The fraction of sp³-hybridized carbons (Fsp3) is 0.350. The summed E-state index contributed by atoms with van der Waals surface area (Å²) in [5.41, 5.74) is 6.25. The highest BCUT2D eigenvalue weighted by molar-refractivity contribution is 7.89. The number of aryl methyl sites for hydroxylation is 3. The van der Waals surface area contributed by atoms with E-state index in [1.165, 1.54) is 12.1 Å². The van der Waals surface area contributed by atoms with Crippen molar-refractivity contribution < 1.29 is 22.7 Å². The molecule has 0 aliphatic carbocycles. The first kappa shape index (κ1) is 20.9. The van der Waals surface area contributed by atoms with Crippen LogP contribution in [0.3, 0.4) is 0 Å². The van der Waals surface area contributed by atoms with Crippen molar-refractivity contribution in [3.8, 4) is 11.5 Å². The van der Waals surface area contributed by atoms with Gasteiger partial charge in [0.25, 0.3) is 15.9 Å². The summed E-state index contributed by atoms with van der Waals surface area (Å²) in [5.74, 6) is 0.351. The van der Waals surface area contributed by atoms with E-state index in [2.05, 4.69) is 15.6 Å². The predicted molar refractivity (Wildman–Crippen MR) is 110 cm³/mol. The fourth-order valence-corrected chi connectivity index (χ4v) is 4.04. The van der Waals surface area contributed by atoms with Gasteiger partial charge in [0, 0.05) is 18.2 Å². The van der Waals surface area contributed by atoms with Crippen LogP contribution in [0.4, 0.5) is 5.69 Å². The molecule has 0 bridgehead atoms. The fourth-order valence-electron chi connectivity index (χ4n) is 3.17. The number of fused-ring (bicyclic) bond motifs is 1. The van der Waals surface area contributed by atoms with Crippen molar-refractivity contribution in [2.45, 2.75) is 32.1 Å². The first-order valence-electron chi connectivity index (χ1n) is 9.28. The molecule has 1 heterocycles. The zero-order valence-electron chi connectivity index (χ0n) is 16.7. The molecule has 2 aromatic rings. The van der Waals surface area contributed by atoms with E-state index in [-0.39, 0.29) is 11.4 Å². The number of ether oxygens (including phenoxy) is 2. The second kappa shape index (κ2) is 8.71. The van der Waals surface area contributed by atoms with Gasteiger partial charge in [-0.05, 0) is 44.0 Å². The van der Waals surface area contributed by atoms with Gasteiger partial charge >= 0.3 is 0 Å². The maximum atomic E-state index is 12.5. The number of benzene rings is 2. The number of hydrogen-bond acceptors (Lipinski definition) is 6. The van der Waals surface area contributed by atoms with Crippen molar-refractivity contribution in [2.24, 2.45) is 0 Å². The Bertz CT molecular complexity index is 998. The third kappa shape index (κ3) is 5.18. The van der Waals surface area contributed by atoms with E-state index in [1.807, 2.05) is 32.9 Å². The van der Waals surface area contributed by atoms with E-state index in [1.54, 1.807) is 6.07 Å². The monoisotopic (exact) mass is 419 g/mol. The summed E-state index contributed by atoms with van der Waals surface area (Å²) >= 11 is 0. The van der Waals surface area contributed by atoms with Crippen molar-refractivity contribution in [2.75, 3.05) is 25.1 Å². The van der Waals surface area contributed by atoms with Crippen molar-refractivity contribution in [1.82, 2.24) is 10.3 Å². The average Bonchev–Trinajstić information content (AvgIpc) is 2.90. The lowest BCUT2D eigenvalue weighted by Crippen LogP contribution is -2.44. The highest BCUT2D eigenvalue weighted by Gasteiger charge is 2.19. The number of anilines is 1. The number of nitrogens with one attached hydrogen (secondary N) is 3. The Kier molecular flexibility index (Phi) is 6.29. The molecule has 0 fully saturated rings. The molecule has 1 aliphatic rings. The van der Waals surface area contributed by atoms with E-state index < -0.39 is 15.9 Å². The average molecular weight is 420 g/mol. The van der Waals surface area contributed by atoms with Crippen LogP contribution >= 0.6 is 0 Å². The number of carbonyl (C=O) groups is 1. The number of hydrogen-bond donors (Lipinski definition) is 3. The first-order chi connectivity index (χ1) is 13.8. The molecule has 8 nitrogen and oxygen atoms in total. The maximum absolute atomic E-state index is 12.5. The Balaban J connectivity index is 1.60. The van der Waals surface area contributed by atoms with Crippen LogP contribution in [0.5, 0.6) is 11.5 Å². The Morgan fingerprint density at radius 2 is 1.66 bits per heavy atom. The third-order valence-corrected chi connectivity index (χ3v) is 5.70. The standard InChI is InChI=1S/C20H25N3O5S/c1-13-9-14(2)20(15(3)10-13)21-12-19(24)22-23-29(25,26)16-5-6-17-18(11-16)28-8-4-7-27-17/h5-6,9-11,21,23H,4,7-8,12H2,1-3H3,(H,22,24). The van der Waals surface area contributed by atoms with Crippen molar-refractivity contribution >= 4 is 21.6 Å². The van der Waals surface area contributed by atoms with Gasteiger partial charge in [-0.15, -0.1) is 4.83 Å². The molecule has 1 aliphatic heterocycles. The van der Waals surface area contributed by atoms with Gasteiger partial charge in [-0.1, -0.05) is 17.7 Å². The summed E-state index contributed by atoms with van der Waals surface area (Å²) in [6.07, 6.45) is 0.720. The zero-order valence-corrected chi connectivity index (χ0v) is 17.5. The summed E-state index contributed by atoms with van der Waals surface area (Å²) in [6.45, 7) is 6.80. The summed E-state index contributed by atoms with van der Waals surface area (Å²) in [6, 6.07) is 8.35. The predicted octanol–water partition coefficient (Wildman–Crippen LogP) is 2.19. The second-order valence-electron chi connectivity index (χ2n) is 6.94. The zero-order chi connectivity index (χ0) is 21.0. The highest BCUT2D eigenvalue weighted by Crippen LogP contribution is 2.31. The minimum Gasteiger partial charge on any atom is -0.490 e. The van der Waals surface area contributed by atoms with Crippen molar-refractivity contribution in [1.29, 1.82) is 0 Å². The molecule has 0 unspecified atom stereocenters. The van der Waals surface area contributed by atoms with Gasteiger partial charge in [0.05, 0.1) is 24.7 Å². The van der Waals surface area contributed by atoms with Gasteiger partial charge < -0.3 is 14.8 Å². The Hall–Kier alpha value is -2.78. The number of sulfonamides is 1. The summed E-state index contributed by atoms with van der Waals surface area (Å²) < 4.78 is 36.0. The topological polar surface area (TPSA) is 106 Å². The SMILES string of the molecule is Cc1cc(C)c(NCC(=O)NNS(=O)(=O)c2ccc3c(c2)OCCCO3)c(C)c1. The largest absolute Gasteiger partial charge is 0.490 e. The number of amides is 1. The molecule has 9 heteroatoms. The molecule has 2 aromatic carbocycles. The molecule has 0 saturated carbocycles. The molecule has 0 atom stereocenters. The van der Waals surface area contributed by atoms with Crippen molar-refractivity contribution in [3.05, 3.63) is 47.0 Å². The number of carbonyl (C=O) groups excluding carboxylic acids is 1. The van der Waals surface area contributed by atoms with Gasteiger partial charge in [-0.2, -0.15) is 0 Å². The van der Waals surface area contributed by atoms with E-state index in [9.17, 15) is 13.2 Å². The smallest absolute Gasteiger partial charge is 0.257 e. The second-order valence-corrected chi connectivity index (χ2v) is 8.62. The van der Waals surface area contributed by atoms with Crippen LogP contribution in [0.1, 0.15) is 23.1 Å². The van der Waals surface area contributed by atoms with Gasteiger partial charge in [0.1, 0.15) is 0 Å². The molecular formula is C20H25N3O5S. The van der Waals surface area contributed by atoms with Crippen LogP contribution in [0.2, 0.25) is 0 Å². The van der Waals surface area contributed by atoms with Crippen LogP contribution in [0.15, 0.2) is 35.2 Å². The van der Waals surface area contributed by atoms with Crippen LogP contribution in [0.25, 0.3) is 0 Å². The van der Waals surface area contributed by atoms with Crippen LogP contribution < -0.4 is 25.0 Å². The van der Waals surface area contributed by atoms with Gasteiger partial charge in [0.15, 0.2) is 11.5 Å². The van der Waals surface area contributed by atoms with Crippen LogP contribution in [0, 0.1) is 20.8 Å². The first-order valence-corrected chi connectivity index (χ1v) is 10.8. The summed E-state index contributed by atoms with van der Waals surface area (Å²) in [5, 5.41) is 3.05. The normalized spacial score (nSPS) is 13.5. The third-order valence-electron chi connectivity index (χ3n) is 4.46. The van der Waals surface area contributed by atoms with Crippen LogP contribution in [-0.4, -0.2) is 34.1 Å². The molecule has 156 valence electrons. The lowest BCUT2D eigenvalue weighted by atomic mass is 10.1. The Labute approximate surface area is 170 Å². The molecule has 29 heavy (non-hydrogen) atoms. The Morgan fingerprint density at radius 3 is 2.34 bits per heavy atom. The minimum atomic E-state index is -3.95.